The van der Waals surface area contributed by atoms with Crippen LogP contribution in [0.1, 0.15) is 17.4 Å². The van der Waals surface area contributed by atoms with E-state index in [1.165, 1.54) is 4.68 Å². The molecule has 0 aliphatic carbocycles. The number of carbonyl (C=O) groups excluding carboxylic acids is 1. The van der Waals surface area contributed by atoms with Gasteiger partial charge in [-0.1, -0.05) is 11.3 Å². The van der Waals surface area contributed by atoms with Gasteiger partial charge in [0.15, 0.2) is 5.69 Å². The van der Waals surface area contributed by atoms with Crippen LogP contribution >= 0.6 is 0 Å². The highest BCUT2D eigenvalue weighted by Gasteiger charge is 2.22. The Morgan fingerprint density at radius 2 is 2.32 bits per heavy atom. The number of aromatic nitrogens is 4. The van der Waals surface area contributed by atoms with E-state index in [0.29, 0.717) is 11.4 Å². The minimum Gasteiger partial charge on any atom is -0.461 e. The maximum atomic E-state index is 11.8. The summed E-state index contributed by atoms with van der Waals surface area (Å²) in [6.45, 7) is 2.10. The van der Waals surface area contributed by atoms with Crippen molar-refractivity contribution in [2.75, 3.05) is 13.2 Å². The lowest BCUT2D eigenvalue weighted by atomic mass is 10.2. The lowest BCUT2D eigenvalue weighted by Gasteiger charge is -2.05. The first-order valence-electron chi connectivity index (χ1n) is 5.90. The van der Waals surface area contributed by atoms with Gasteiger partial charge in [0.1, 0.15) is 5.69 Å². The van der Waals surface area contributed by atoms with E-state index < -0.39 is 5.97 Å². The SMILES string of the molecule is CCOC(=O)c1nnn(CCO)c1-c1ccccn1. The van der Waals surface area contributed by atoms with Crippen LogP contribution in [0.3, 0.4) is 0 Å². The first kappa shape index (κ1) is 13.2. The largest absolute Gasteiger partial charge is 0.461 e. The average molecular weight is 262 g/mol. The lowest BCUT2D eigenvalue weighted by molar-refractivity contribution is 0.0520. The fourth-order valence-corrected chi connectivity index (χ4v) is 1.66. The standard InChI is InChI=1S/C12H14N4O3/c1-2-19-12(18)10-11(9-5-3-4-6-13-9)16(7-8-17)15-14-10/h3-6,17H,2,7-8H2,1H3. The summed E-state index contributed by atoms with van der Waals surface area (Å²) in [5.41, 5.74) is 1.12. The van der Waals surface area contributed by atoms with Crippen molar-refractivity contribution < 1.29 is 14.6 Å². The van der Waals surface area contributed by atoms with Crippen molar-refractivity contribution in [2.24, 2.45) is 0 Å². The normalized spacial score (nSPS) is 10.4. The van der Waals surface area contributed by atoms with Gasteiger partial charge >= 0.3 is 5.97 Å². The Labute approximate surface area is 109 Å². The summed E-state index contributed by atoms with van der Waals surface area (Å²) >= 11 is 0. The predicted molar refractivity (Wildman–Crippen MR) is 66.3 cm³/mol. The highest BCUT2D eigenvalue weighted by molar-refractivity contribution is 5.93. The molecule has 0 amide bonds. The quantitative estimate of drug-likeness (QED) is 0.789. The fourth-order valence-electron chi connectivity index (χ4n) is 1.66. The number of aliphatic hydroxyl groups excluding tert-OH is 1. The first-order chi connectivity index (χ1) is 9.27. The van der Waals surface area contributed by atoms with Crippen molar-refractivity contribution in [1.29, 1.82) is 0 Å². The van der Waals surface area contributed by atoms with Gasteiger partial charge in [-0.3, -0.25) is 4.98 Å². The van der Waals surface area contributed by atoms with Crippen molar-refractivity contribution in [2.45, 2.75) is 13.5 Å². The zero-order valence-corrected chi connectivity index (χ0v) is 10.5. The van der Waals surface area contributed by atoms with Crippen LogP contribution in [-0.4, -0.2) is 44.3 Å². The molecule has 0 aromatic carbocycles. The van der Waals surface area contributed by atoms with Crippen LogP contribution in [0.15, 0.2) is 24.4 Å². The Kier molecular flexibility index (Phi) is 4.19. The fraction of sp³-hybridized carbons (Fsp3) is 0.333. The molecule has 2 aromatic rings. The van der Waals surface area contributed by atoms with E-state index in [0.717, 1.165) is 0 Å². The molecule has 0 aliphatic rings. The number of aliphatic hydroxyl groups is 1. The van der Waals surface area contributed by atoms with Crippen LogP contribution in [0, 0.1) is 0 Å². The Bertz CT molecular complexity index is 553. The predicted octanol–water partition coefficient (Wildman–Crippen LogP) is 0.509. The van der Waals surface area contributed by atoms with Crippen LogP contribution in [0.25, 0.3) is 11.4 Å². The van der Waals surface area contributed by atoms with Crippen LogP contribution in [0.4, 0.5) is 0 Å². The molecule has 0 fully saturated rings. The van der Waals surface area contributed by atoms with E-state index in [1.807, 2.05) is 0 Å². The van der Waals surface area contributed by atoms with E-state index in [2.05, 4.69) is 15.3 Å². The number of hydrogen-bond donors (Lipinski definition) is 1. The Balaban J connectivity index is 2.48. The Morgan fingerprint density at radius 1 is 1.47 bits per heavy atom. The number of esters is 1. The van der Waals surface area contributed by atoms with Gasteiger partial charge in [-0.15, -0.1) is 5.10 Å². The van der Waals surface area contributed by atoms with Crippen LogP contribution < -0.4 is 0 Å². The molecule has 0 radical (unpaired) electrons. The molecule has 7 heteroatoms. The summed E-state index contributed by atoms with van der Waals surface area (Å²) in [5.74, 6) is -0.549. The number of nitrogens with zero attached hydrogens (tertiary/aromatic N) is 4. The third-order valence-electron chi connectivity index (χ3n) is 2.42. The summed E-state index contributed by atoms with van der Waals surface area (Å²) in [6, 6.07) is 5.32. The smallest absolute Gasteiger partial charge is 0.361 e. The molecule has 0 unspecified atom stereocenters. The molecule has 0 spiro atoms. The second-order valence-electron chi connectivity index (χ2n) is 3.67. The molecule has 7 nitrogen and oxygen atoms in total. The van der Waals surface area contributed by atoms with Gasteiger partial charge in [0.2, 0.25) is 0 Å². The van der Waals surface area contributed by atoms with Crippen molar-refractivity contribution in [3.05, 3.63) is 30.1 Å². The van der Waals surface area contributed by atoms with Crippen molar-refractivity contribution in [1.82, 2.24) is 20.0 Å². The van der Waals surface area contributed by atoms with Gasteiger partial charge in [0.05, 0.1) is 25.5 Å². The van der Waals surface area contributed by atoms with E-state index in [9.17, 15) is 4.79 Å². The van der Waals surface area contributed by atoms with E-state index in [1.54, 1.807) is 31.3 Å². The minimum atomic E-state index is -0.549. The maximum absolute atomic E-state index is 11.8. The summed E-state index contributed by atoms with van der Waals surface area (Å²) in [4.78, 5) is 16.0. The molecule has 2 rings (SSSR count). The molecule has 0 atom stereocenters. The van der Waals surface area contributed by atoms with Gasteiger partial charge < -0.3 is 9.84 Å². The van der Waals surface area contributed by atoms with Gasteiger partial charge in [0, 0.05) is 6.20 Å². The van der Waals surface area contributed by atoms with Gasteiger partial charge in [-0.05, 0) is 19.1 Å². The van der Waals surface area contributed by atoms with Gasteiger partial charge in [-0.2, -0.15) is 0 Å². The Hall–Kier alpha value is -2.28. The summed E-state index contributed by atoms with van der Waals surface area (Å²) in [6.07, 6.45) is 1.61. The molecule has 0 saturated carbocycles. The molecule has 0 aliphatic heterocycles. The average Bonchev–Trinajstić information content (AvgIpc) is 2.84. The minimum absolute atomic E-state index is 0.106. The van der Waals surface area contributed by atoms with Crippen LogP contribution in [-0.2, 0) is 11.3 Å². The number of carbonyl (C=O) groups is 1. The van der Waals surface area contributed by atoms with Crippen LogP contribution in [0.5, 0.6) is 0 Å². The topological polar surface area (TPSA) is 90.1 Å². The number of ether oxygens (including phenoxy) is 1. The molecule has 0 saturated heterocycles. The zero-order chi connectivity index (χ0) is 13.7. The highest BCUT2D eigenvalue weighted by Crippen LogP contribution is 2.20. The number of hydrogen-bond acceptors (Lipinski definition) is 6. The third kappa shape index (κ3) is 2.76. The van der Waals surface area contributed by atoms with Crippen molar-refractivity contribution in [3.63, 3.8) is 0 Å². The zero-order valence-electron chi connectivity index (χ0n) is 10.5. The summed E-state index contributed by atoms with van der Waals surface area (Å²) in [7, 11) is 0. The van der Waals surface area contributed by atoms with E-state index in [4.69, 9.17) is 9.84 Å². The van der Waals surface area contributed by atoms with Crippen molar-refractivity contribution in [3.8, 4) is 11.4 Å². The maximum Gasteiger partial charge on any atom is 0.361 e. The molecule has 1 N–H and O–H groups in total. The monoisotopic (exact) mass is 262 g/mol. The van der Waals surface area contributed by atoms with Gasteiger partial charge in [0.25, 0.3) is 0 Å². The first-order valence-corrected chi connectivity index (χ1v) is 5.90. The second-order valence-corrected chi connectivity index (χ2v) is 3.67. The summed E-state index contributed by atoms with van der Waals surface area (Å²) < 4.78 is 6.38. The van der Waals surface area contributed by atoms with Crippen LogP contribution in [0.2, 0.25) is 0 Å². The third-order valence-corrected chi connectivity index (χ3v) is 2.42. The van der Waals surface area contributed by atoms with E-state index in [-0.39, 0.29) is 25.5 Å². The molecule has 0 bridgehead atoms. The van der Waals surface area contributed by atoms with Crippen molar-refractivity contribution >= 4 is 5.97 Å². The van der Waals surface area contributed by atoms with Gasteiger partial charge in [-0.25, -0.2) is 9.48 Å². The molecular formula is C12H14N4O3. The number of rotatable bonds is 5. The second kappa shape index (κ2) is 6.05. The lowest BCUT2D eigenvalue weighted by Crippen LogP contribution is -2.10. The summed E-state index contributed by atoms with van der Waals surface area (Å²) in [5, 5.41) is 16.7. The molecule has 19 heavy (non-hydrogen) atoms. The highest BCUT2D eigenvalue weighted by atomic mass is 16.5. The molecular weight excluding hydrogens is 248 g/mol. The molecule has 100 valence electrons. The molecule has 2 heterocycles. The Morgan fingerprint density at radius 3 is 2.95 bits per heavy atom. The number of pyridine rings is 1. The molecule has 2 aromatic heterocycles. The van der Waals surface area contributed by atoms with E-state index >= 15 is 0 Å².